The molecule has 7 heteroatoms. The second-order valence-corrected chi connectivity index (χ2v) is 3.34. The largest absolute Gasteiger partial charge is 0.478 e. The van der Waals surface area contributed by atoms with E-state index in [1.807, 2.05) is 5.32 Å². The van der Waals surface area contributed by atoms with E-state index < -0.39 is 35.0 Å². The molecule has 18 heavy (non-hydrogen) atoms. The maximum absolute atomic E-state index is 13.2. The molecule has 0 saturated carbocycles. The molecule has 0 spiro atoms. The molecule has 0 aliphatic heterocycles. The Balaban J connectivity index is 2.96. The number of hydrogen-bond donors (Lipinski definition) is 2. The molecule has 1 aromatic carbocycles. The highest BCUT2D eigenvalue weighted by atomic mass is 19.2. The molecule has 0 aliphatic carbocycles. The standard InChI is InChI=1S/C11H8F3NO3/c1-5(4-8(16)17)11(18)15-7-3-2-6(12)9(13)10(7)14/h2-4H,1H3,(H,15,18)(H,16,17)/b5-4+. The molecular formula is C11H8F3NO3. The van der Waals surface area contributed by atoms with Crippen LogP contribution in [0.1, 0.15) is 6.92 Å². The van der Waals surface area contributed by atoms with Crippen LogP contribution in [0.25, 0.3) is 0 Å². The number of carboxylic acids is 1. The van der Waals surface area contributed by atoms with Crippen molar-refractivity contribution in [1.29, 1.82) is 0 Å². The summed E-state index contributed by atoms with van der Waals surface area (Å²) < 4.78 is 38.6. The van der Waals surface area contributed by atoms with Crippen LogP contribution < -0.4 is 5.32 Å². The van der Waals surface area contributed by atoms with Crippen LogP contribution in [0.15, 0.2) is 23.8 Å². The Bertz CT molecular complexity index is 541. The number of hydrogen-bond acceptors (Lipinski definition) is 2. The zero-order valence-corrected chi connectivity index (χ0v) is 9.13. The minimum atomic E-state index is -1.72. The van der Waals surface area contributed by atoms with Gasteiger partial charge in [0.05, 0.1) is 5.69 Å². The summed E-state index contributed by atoms with van der Waals surface area (Å²) in [4.78, 5) is 21.7. The number of amides is 1. The predicted octanol–water partition coefficient (Wildman–Crippen LogP) is 2.07. The van der Waals surface area contributed by atoms with Crippen LogP contribution in [0, 0.1) is 17.5 Å². The van der Waals surface area contributed by atoms with E-state index in [-0.39, 0.29) is 5.57 Å². The highest BCUT2D eigenvalue weighted by Gasteiger charge is 2.16. The van der Waals surface area contributed by atoms with Crippen LogP contribution in [0.4, 0.5) is 18.9 Å². The summed E-state index contributed by atoms with van der Waals surface area (Å²) in [6.45, 7) is 1.18. The highest BCUT2D eigenvalue weighted by Crippen LogP contribution is 2.20. The number of aliphatic carboxylic acids is 1. The number of benzene rings is 1. The van der Waals surface area contributed by atoms with Gasteiger partial charge in [0.2, 0.25) is 0 Å². The zero-order chi connectivity index (χ0) is 13.9. The molecule has 0 radical (unpaired) electrons. The second-order valence-electron chi connectivity index (χ2n) is 3.34. The highest BCUT2D eigenvalue weighted by molar-refractivity contribution is 6.06. The Morgan fingerprint density at radius 1 is 1.22 bits per heavy atom. The van der Waals surface area contributed by atoms with Crippen LogP contribution >= 0.6 is 0 Å². The minimum Gasteiger partial charge on any atom is -0.478 e. The van der Waals surface area contributed by atoms with Crippen molar-refractivity contribution in [3.05, 3.63) is 41.2 Å². The van der Waals surface area contributed by atoms with Crippen molar-refractivity contribution in [2.24, 2.45) is 0 Å². The molecule has 0 saturated heterocycles. The zero-order valence-electron chi connectivity index (χ0n) is 9.13. The van der Waals surface area contributed by atoms with Crippen LogP contribution in [-0.2, 0) is 9.59 Å². The molecule has 2 N–H and O–H groups in total. The molecule has 1 amide bonds. The van der Waals surface area contributed by atoms with Gasteiger partial charge in [0.1, 0.15) is 0 Å². The fourth-order valence-electron chi connectivity index (χ4n) is 1.09. The van der Waals surface area contributed by atoms with Crippen LogP contribution in [0.3, 0.4) is 0 Å². The van der Waals surface area contributed by atoms with Crippen molar-refractivity contribution in [1.82, 2.24) is 0 Å². The summed E-state index contributed by atoms with van der Waals surface area (Å²) in [5.41, 5.74) is -0.788. The van der Waals surface area contributed by atoms with Crippen LogP contribution in [0.2, 0.25) is 0 Å². The SMILES string of the molecule is C/C(=C\C(=O)O)C(=O)Nc1ccc(F)c(F)c1F. The third kappa shape index (κ3) is 3.09. The first kappa shape index (κ1) is 13.8. The monoisotopic (exact) mass is 259 g/mol. The van der Waals surface area contributed by atoms with Gasteiger partial charge in [0, 0.05) is 11.6 Å². The van der Waals surface area contributed by atoms with Crippen molar-refractivity contribution in [3.63, 3.8) is 0 Å². The number of nitrogens with one attached hydrogen (secondary N) is 1. The lowest BCUT2D eigenvalue weighted by Gasteiger charge is -2.07. The summed E-state index contributed by atoms with van der Waals surface area (Å²) in [7, 11) is 0. The van der Waals surface area contributed by atoms with Crippen molar-refractivity contribution < 1.29 is 27.9 Å². The molecule has 0 aromatic heterocycles. The Labute approximate surface area is 99.7 Å². The van der Waals surface area contributed by atoms with E-state index in [4.69, 9.17) is 5.11 Å². The van der Waals surface area contributed by atoms with E-state index in [0.29, 0.717) is 12.1 Å². The van der Waals surface area contributed by atoms with E-state index >= 15 is 0 Å². The van der Waals surface area contributed by atoms with Gasteiger partial charge in [-0.2, -0.15) is 0 Å². The summed E-state index contributed by atoms with van der Waals surface area (Å²) in [5, 5.41) is 10.3. The van der Waals surface area contributed by atoms with Gasteiger partial charge in [-0.05, 0) is 19.1 Å². The maximum atomic E-state index is 13.2. The summed E-state index contributed by atoms with van der Waals surface area (Å²) in [5.74, 6) is -6.93. The van der Waals surface area contributed by atoms with Gasteiger partial charge in [-0.1, -0.05) is 0 Å². The first-order valence-corrected chi connectivity index (χ1v) is 4.69. The fraction of sp³-hybridized carbons (Fsp3) is 0.0909. The molecule has 0 atom stereocenters. The number of carboxylic acid groups (broad SMARTS) is 1. The molecule has 96 valence electrons. The van der Waals surface area contributed by atoms with E-state index in [9.17, 15) is 22.8 Å². The number of carbonyl (C=O) groups excluding carboxylic acids is 1. The predicted molar refractivity (Wildman–Crippen MR) is 56.3 cm³/mol. The molecule has 0 fully saturated rings. The topological polar surface area (TPSA) is 66.4 Å². The molecule has 1 rings (SSSR count). The van der Waals surface area contributed by atoms with Gasteiger partial charge in [0.15, 0.2) is 17.5 Å². The smallest absolute Gasteiger partial charge is 0.328 e. The third-order valence-electron chi connectivity index (χ3n) is 1.98. The first-order chi connectivity index (χ1) is 8.32. The molecule has 0 aliphatic rings. The van der Waals surface area contributed by atoms with Crippen LogP contribution in [-0.4, -0.2) is 17.0 Å². The lowest BCUT2D eigenvalue weighted by molar-refractivity contribution is -0.131. The molecule has 4 nitrogen and oxygen atoms in total. The Morgan fingerprint density at radius 3 is 2.39 bits per heavy atom. The Morgan fingerprint density at radius 2 is 1.83 bits per heavy atom. The van der Waals surface area contributed by atoms with E-state index in [1.54, 1.807) is 0 Å². The normalized spacial score (nSPS) is 11.2. The Hall–Kier alpha value is -2.31. The number of rotatable bonds is 3. The first-order valence-electron chi connectivity index (χ1n) is 4.69. The van der Waals surface area contributed by atoms with Gasteiger partial charge in [-0.15, -0.1) is 0 Å². The van der Waals surface area contributed by atoms with Gasteiger partial charge in [0.25, 0.3) is 5.91 Å². The van der Waals surface area contributed by atoms with Gasteiger partial charge in [-0.25, -0.2) is 18.0 Å². The fourth-order valence-corrected chi connectivity index (χ4v) is 1.09. The molecule has 0 unspecified atom stereocenters. The van der Waals surface area contributed by atoms with Gasteiger partial charge in [-0.3, -0.25) is 4.79 Å². The van der Waals surface area contributed by atoms with E-state index in [0.717, 1.165) is 6.07 Å². The second kappa shape index (κ2) is 5.35. The summed E-state index contributed by atoms with van der Waals surface area (Å²) in [6, 6.07) is 1.48. The average Bonchev–Trinajstić information content (AvgIpc) is 2.29. The van der Waals surface area contributed by atoms with E-state index in [1.165, 1.54) is 6.92 Å². The number of halogens is 3. The van der Waals surface area contributed by atoms with Crippen molar-refractivity contribution in [2.75, 3.05) is 5.32 Å². The lowest BCUT2D eigenvalue weighted by atomic mass is 10.2. The van der Waals surface area contributed by atoms with Gasteiger partial charge < -0.3 is 10.4 Å². The lowest BCUT2D eigenvalue weighted by Crippen LogP contribution is -2.15. The molecule has 1 aromatic rings. The van der Waals surface area contributed by atoms with Gasteiger partial charge >= 0.3 is 5.97 Å². The van der Waals surface area contributed by atoms with Crippen molar-refractivity contribution >= 4 is 17.6 Å². The quantitative estimate of drug-likeness (QED) is 0.645. The Kier molecular flexibility index (Phi) is 4.09. The summed E-state index contributed by atoms with van der Waals surface area (Å²) >= 11 is 0. The molecule has 0 bridgehead atoms. The molecular weight excluding hydrogens is 251 g/mol. The third-order valence-corrected chi connectivity index (χ3v) is 1.98. The summed E-state index contributed by atoms with van der Waals surface area (Å²) in [6.07, 6.45) is 0.604. The number of anilines is 1. The van der Waals surface area contributed by atoms with Crippen LogP contribution in [0.5, 0.6) is 0 Å². The van der Waals surface area contributed by atoms with Crippen molar-refractivity contribution in [2.45, 2.75) is 6.92 Å². The van der Waals surface area contributed by atoms with E-state index in [2.05, 4.69) is 0 Å². The average molecular weight is 259 g/mol. The minimum absolute atomic E-state index is 0.216. The van der Waals surface area contributed by atoms with Crippen molar-refractivity contribution in [3.8, 4) is 0 Å². The maximum Gasteiger partial charge on any atom is 0.328 e. The molecule has 0 heterocycles. The number of carbonyl (C=O) groups is 2.